The van der Waals surface area contributed by atoms with Gasteiger partial charge in [0.2, 0.25) is 5.95 Å². The van der Waals surface area contributed by atoms with Gasteiger partial charge in [0.1, 0.15) is 5.02 Å². The minimum absolute atomic E-state index is 0.249. The molecule has 0 saturated carbocycles. The molecule has 8 nitrogen and oxygen atoms in total. The first-order valence-electron chi connectivity index (χ1n) is 12.2. The SMILES string of the molecule is CNC(=O)c1cnccc1Nc1nc(Nc2ccc3c(c2)CC[C@@H](N2CCCC2)CC3)ncc1Cl. The minimum atomic E-state index is -0.249. The molecular formula is C26H30ClN7O. The molecule has 0 radical (unpaired) electrons. The van der Waals surface area contributed by atoms with E-state index in [1.807, 2.05) is 0 Å². The molecule has 1 amide bonds. The van der Waals surface area contributed by atoms with E-state index in [-0.39, 0.29) is 5.91 Å². The summed E-state index contributed by atoms with van der Waals surface area (Å²) in [5.41, 5.74) is 4.75. The van der Waals surface area contributed by atoms with Crippen LogP contribution in [0.3, 0.4) is 0 Å². The predicted molar refractivity (Wildman–Crippen MR) is 139 cm³/mol. The Morgan fingerprint density at radius 3 is 2.66 bits per heavy atom. The predicted octanol–water partition coefficient (Wildman–Crippen LogP) is 4.72. The molecule has 1 atom stereocenters. The fourth-order valence-electron chi connectivity index (χ4n) is 5.03. The van der Waals surface area contributed by atoms with Crippen LogP contribution < -0.4 is 16.0 Å². The third-order valence-electron chi connectivity index (χ3n) is 6.90. The molecule has 1 fully saturated rings. The van der Waals surface area contributed by atoms with Crippen molar-refractivity contribution in [2.45, 2.75) is 44.6 Å². The third kappa shape index (κ3) is 5.39. The molecule has 1 saturated heterocycles. The Morgan fingerprint density at radius 2 is 1.86 bits per heavy atom. The van der Waals surface area contributed by atoms with Gasteiger partial charge in [-0.05, 0) is 80.9 Å². The summed E-state index contributed by atoms with van der Waals surface area (Å²) in [6.07, 6.45) is 12.0. The number of halogens is 1. The van der Waals surface area contributed by atoms with Gasteiger partial charge < -0.3 is 20.9 Å². The van der Waals surface area contributed by atoms with Crippen LogP contribution >= 0.6 is 11.6 Å². The van der Waals surface area contributed by atoms with E-state index in [2.05, 4.69) is 54.0 Å². The maximum atomic E-state index is 12.2. The van der Waals surface area contributed by atoms with Gasteiger partial charge in [-0.3, -0.25) is 9.78 Å². The fraction of sp³-hybridized carbons (Fsp3) is 0.385. The number of amides is 1. The zero-order chi connectivity index (χ0) is 24.2. The molecule has 1 aromatic carbocycles. The summed E-state index contributed by atoms with van der Waals surface area (Å²) in [6.45, 7) is 2.50. The molecule has 2 aromatic heterocycles. The van der Waals surface area contributed by atoms with Gasteiger partial charge in [-0.25, -0.2) is 4.98 Å². The Morgan fingerprint density at radius 1 is 1.06 bits per heavy atom. The molecule has 35 heavy (non-hydrogen) atoms. The van der Waals surface area contributed by atoms with Gasteiger partial charge in [0.05, 0.1) is 17.4 Å². The van der Waals surface area contributed by atoms with Crippen LogP contribution in [-0.2, 0) is 12.8 Å². The lowest BCUT2D eigenvalue weighted by Crippen LogP contribution is -2.32. The average molecular weight is 492 g/mol. The second-order valence-electron chi connectivity index (χ2n) is 9.10. The van der Waals surface area contributed by atoms with Crippen LogP contribution in [0.15, 0.2) is 42.9 Å². The molecule has 1 aliphatic carbocycles. The van der Waals surface area contributed by atoms with E-state index in [4.69, 9.17) is 11.6 Å². The Balaban J connectivity index is 1.31. The molecule has 2 aliphatic rings. The molecule has 3 N–H and O–H groups in total. The molecule has 0 bridgehead atoms. The Labute approximate surface area is 210 Å². The van der Waals surface area contributed by atoms with Crippen molar-refractivity contribution in [2.24, 2.45) is 0 Å². The Hall–Kier alpha value is -3.23. The van der Waals surface area contributed by atoms with Crippen molar-refractivity contribution >= 4 is 40.6 Å². The van der Waals surface area contributed by atoms with Gasteiger partial charge in [0, 0.05) is 31.2 Å². The van der Waals surface area contributed by atoms with Gasteiger partial charge in [0.25, 0.3) is 5.91 Å². The number of likely N-dealkylation sites (tertiary alicyclic amines) is 1. The van der Waals surface area contributed by atoms with E-state index in [0.717, 1.165) is 18.5 Å². The molecule has 182 valence electrons. The van der Waals surface area contributed by atoms with Crippen molar-refractivity contribution in [1.29, 1.82) is 0 Å². The number of aromatic nitrogens is 3. The van der Waals surface area contributed by atoms with E-state index in [9.17, 15) is 4.79 Å². The molecule has 9 heteroatoms. The molecule has 0 spiro atoms. The van der Waals surface area contributed by atoms with Gasteiger partial charge in [0.15, 0.2) is 5.82 Å². The summed E-state index contributed by atoms with van der Waals surface area (Å²) >= 11 is 6.36. The van der Waals surface area contributed by atoms with E-state index in [1.165, 1.54) is 56.1 Å². The molecule has 3 heterocycles. The summed E-state index contributed by atoms with van der Waals surface area (Å²) in [7, 11) is 1.58. The highest BCUT2D eigenvalue weighted by Gasteiger charge is 2.24. The second kappa shape index (κ2) is 10.6. The summed E-state index contributed by atoms with van der Waals surface area (Å²) in [4.78, 5) is 27.8. The number of fused-ring (bicyclic) bond motifs is 1. The van der Waals surface area contributed by atoms with Crippen LogP contribution in [-0.4, -0.2) is 51.9 Å². The van der Waals surface area contributed by atoms with Crippen molar-refractivity contribution in [3.63, 3.8) is 0 Å². The summed E-state index contributed by atoms with van der Waals surface area (Å²) in [5.74, 6) is 0.584. The van der Waals surface area contributed by atoms with Gasteiger partial charge in [-0.2, -0.15) is 4.98 Å². The van der Waals surface area contributed by atoms with Crippen LogP contribution in [0.2, 0.25) is 5.02 Å². The van der Waals surface area contributed by atoms with Crippen molar-refractivity contribution < 1.29 is 4.79 Å². The monoisotopic (exact) mass is 491 g/mol. The second-order valence-corrected chi connectivity index (χ2v) is 9.51. The van der Waals surface area contributed by atoms with Gasteiger partial charge in [-0.1, -0.05) is 17.7 Å². The molecule has 5 rings (SSSR count). The zero-order valence-electron chi connectivity index (χ0n) is 19.9. The average Bonchev–Trinajstić information content (AvgIpc) is 3.33. The highest BCUT2D eigenvalue weighted by atomic mass is 35.5. The van der Waals surface area contributed by atoms with E-state index >= 15 is 0 Å². The van der Waals surface area contributed by atoms with E-state index in [1.54, 1.807) is 25.5 Å². The van der Waals surface area contributed by atoms with Crippen LogP contribution in [0.4, 0.5) is 23.1 Å². The molecule has 3 aromatic rings. The lowest BCUT2D eigenvalue weighted by atomic mass is 10.0. The molecule has 1 aliphatic heterocycles. The first-order chi connectivity index (χ1) is 17.1. The molecular weight excluding hydrogens is 462 g/mol. The minimum Gasteiger partial charge on any atom is -0.355 e. The number of aryl methyl sites for hydroxylation is 2. The highest BCUT2D eigenvalue weighted by Crippen LogP contribution is 2.30. The zero-order valence-corrected chi connectivity index (χ0v) is 20.6. The number of hydrogen-bond donors (Lipinski definition) is 3. The highest BCUT2D eigenvalue weighted by molar-refractivity contribution is 6.33. The lowest BCUT2D eigenvalue weighted by molar-refractivity contribution is 0.0963. The number of nitrogens with one attached hydrogen (secondary N) is 3. The smallest absolute Gasteiger partial charge is 0.254 e. The number of carbonyl (C=O) groups excluding carboxylic acids is 1. The quantitative estimate of drug-likeness (QED) is 0.429. The number of carbonyl (C=O) groups is 1. The standard InChI is InChI=1S/C26H30ClN7O/c1-28-25(35)21-15-29-11-10-23(21)32-24-22(27)16-30-26(33-24)31-19-7-4-17-5-8-20(9-6-18(17)14-19)34-12-2-3-13-34/h4,7,10-11,14-16,20H,2-3,5-6,8-9,12-13H2,1H3,(H,28,35)(H2,29,30,31,32,33)/t20-/m0/s1. The Kier molecular flexibility index (Phi) is 7.11. The van der Waals surface area contributed by atoms with Gasteiger partial charge in [-0.15, -0.1) is 0 Å². The van der Waals surface area contributed by atoms with Crippen molar-refractivity contribution in [3.8, 4) is 0 Å². The largest absolute Gasteiger partial charge is 0.355 e. The third-order valence-corrected chi connectivity index (χ3v) is 7.18. The summed E-state index contributed by atoms with van der Waals surface area (Å²) < 4.78 is 0. The van der Waals surface area contributed by atoms with Crippen LogP contribution in [0.1, 0.15) is 47.2 Å². The van der Waals surface area contributed by atoms with Gasteiger partial charge >= 0.3 is 0 Å². The summed E-state index contributed by atoms with van der Waals surface area (Å²) in [6, 6.07) is 8.94. The maximum Gasteiger partial charge on any atom is 0.254 e. The lowest BCUT2D eigenvalue weighted by Gasteiger charge is -2.25. The first kappa shape index (κ1) is 23.5. The Bertz CT molecular complexity index is 1210. The number of anilines is 4. The number of pyridine rings is 1. The van der Waals surface area contributed by atoms with Crippen LogP contribution in [0.25, 0.3) is 0 Å². The number of benzene rings is 1. The van der Waals surface area contributed by atoms with Crippen LogP contribution in [0.5, 0.6) is 0 Å². The van der Waals surface area contributed by atoms with Crippen LogP contribution in [0, 0.1) is 0 Å². The van der Waals surface area contributed by atoms with E-state index < -0.39 is 0 Å². The topological polar surface area (TPSA) is 95.1 Å². The fourth-order valence-corrected chi connectivity index (χ4v) is 5.17. The van der Waals surface area contributed by atoms with Crippen molar-refractivity contribution in [1.82, 2.24) is 25.2 Å². The summed E-state index contributed by atoms with van der Waals surface area (Å²) in [5, 5.41) is 9.43. The maximum absolute atomic E-state index is 12.2. The van der Waals surface area contributed by atoms with Crippen molar-refractivity contribution in [3.05, 3.63) is 64.6 Å². The first-order valence-corrected chi connectivity index (χ1v) is 12.6. The number of hydrogen-bond acceptors (Lipinski definition) is 7. The number of nitrogens with zero attached hydrogens (tertiary/aromatic N) is 4. The van der Waals surface area contributed by atoms with Crippen molar-refractivity contribution in [2.75, 3.05) is 30.8 Å². The van der Waals surface area contributed by atoms with E-state index in [0.29, 0.717) is 34.1 Å². The molecule has 0 unspecified atom stereocenters. The normalized spacial score (nSPS) is 17.9. The number of rotatable bonds is 6.